The summed E-state index contributed by atoms with van der Waals surface area (Å²) in [5.74, 6) is 0.102. The summed E-state index contributed by atoms with van der Waals surface area (Å²) in [5.41, 5.74) is 11.8. The Morgan fingerprint density at radius 3 is 2.58 bits per heavy atom. The molecule has 0 radical (unpaired) electrons. The van der Waals surface area contributed by atoms with E-state index in [2.05, 4.69) is 26.0 Å². The number of amides is 1. The van der Waals surface area contributed by atoms with Gasteiger partial charge in [0, 0.05) is 34.4 Å². The summed E-state index contributed by atoms with van der Waals surface area (Å²) in [6, 6.07) is 21.7. The van der Waals surface area contributed by atoms with Gasteiger partial charge in [-0.2, -0.15) is 0 Å². The minimum atomic E-state index is -1.57. The first-order valence-electron chi connectivity index (χ1n) is 11.9. The topological polar surface area (TPSA) is 149 Å². The van der Waals surface area contributed by atoms with Crippen LogP contribution in [-0.4, -0.2) is 40.9 Å². The van der Waals surface area contributed by atoms with E-state index >= 15 is 0 Å². The zero-order valence-corrected chi connectivity index (χ0v) is 21.9. The summed E-state index contributed by atoms with van der Waals surface area (Å²) in [5, 5.41) is 22.5. The summed E-state index contributed by atoms with van der Waals surface area (Å²) < 4.78 is 12.9. The van der Waals surface area contributed by atoms with Crippen molar-refractivity contribution in [1.82, 2.24) is 5.48 Å². The summed E-state index contributed by atoms with van der Waals surface area (Å²) in [4.78, 5) is 21.1. The Morgan fingerprint density at radius 2 is 1.89 bits per heavy atom. The Bertz CT molecular complexity index is 1340. The average Bonchev–Trinajstić information content (AvgIpc) is 3.33. The molecule has 196 valence electrons. The Balaban J connectivity index is 1.79. The van der Waals surface area contributed by atoms with E-state index in [1.54, 1.807) is 54.0 Å². The Morgan fingerprint density at radius 1 is 1.16 bits per heavy atom. The number of nitrogens with one attached hydrogen (secondary N) is 1. The molecular formula is C27H26BrN5O5. The lowest BCUT2D eigenvalue weighted by Crippen LogP contribution is -2.49. The number of hydrogen-bond acceptors (Lipinski definition) is 7. The molecule has 11 heteroatoms. The molecule has 2 atom stereocenters. The highest BCUT2D eigenvalue weighted by Crippen LogP contribution is 2.43. The average molecular weight is 580 g/mol. The lowest BCUT2D eigenvalue weighted by atomic mass is 9.81. The third-order valence-corrected chi connectivity index (χ3v) is 6.69. The lowest BCUT2D eigenvalue weighted by Gasteiger charge is -2.30. The molecule has 38 heavy (non-hydrogen) atoms. The number of aliphatic hydroxyl groups is 1. The maximum atomic E-state index is 13.4. The van der Waals surface area contributed by atoms with Gasteiger partial charge in [0.15, 0.2) is 11.6 Å². The number of aliphatic hydroxyl groups excluding tert-OH is 1. The summed E-state index contributed by atoms with van der Waals surface area (Å²) in [7, 11) is 0. The lowest BCUT2D eigenvalue weighted by molar-refractivity contribution is -0.137. The molecule has 3 aromatic rings. The number of hydrogen-bond donors (Lipinski definition) is 3. The normalized spacial score (nSPS) is 18.2. The van der Waals surface area contributed by atoms with Crippen molar-refractivity contribution in [3.8, 4) is 5.75 Å². The fourth-order valence-electron chi connectivity index (χ4n) is 4.31. The molecule has 0 aromatic heterocycles. The number of carbonyl (C=O) groups excluding carboxylic acids is 1. The van der Waals surface area contributed by atoms with E-state index in [0.29, 0.717) is 35.5 Å². The smallest absolute Gasteiger partial charge is 0.275 e. The van der Waals surface area contributed by atoms with Crippen LogP contribution in [0.2, 0.25) is 0 Å². The van der Waals surface area contributed by atoms with Crippen LogP contribution in [0.25, 0.3) is 10.4 Å². The van der Waals surface area contributed by atoms with Gasteiger partial charge in [-0.25, -0.2) is 10.5 Å². The van der Waals surface area contributed by atoms with Crippen molar-refractivity contribution in [2.45, 2.75) is 31.0 Å². The predicted molar refractivity (Wildman–Crippen MR) is 144 cm³/mol. The zero-order valence-electron chi connectivity index (χ0n) is 20.3. The van der Waals surface area contributed by atoms with Crippen molar-refractivity contribution < 1.29 is 24.6 Å². The number of azide groups is 1. The number of hydroxylamine groups is 1. The number of benzene rings is 3. The second-order valence-electron chi connectivity index (χ2n) is 8.62. The van der Waals surface area contributed by atoms with E-state index in [1.807, 2.05) is 24.3 Å². The summed E-state index contributed by atoms with van der Waals surface area (Å²) in [6.45, 7) is 0.472. The number of rotatable bonds is 11. The molecule has 1 amide bonds. The quantitative estimate of drug-likeness (QED) is 0.0727. The van der Waals surface area contributed by atoms with Crippen molar-refractivity contribution in [2.75, 3.05) is 13.2 Å². The van der Waals surface area contributed by atoms with Crippen LogP contribution in [-0.2, 0) is 22.5 Å². The maximum absolute atomic E-state index is 13.4. The number of aliphatic imine (C=N–C) groups is 1. The Kier molecular flexibility index (Phi) is 8.98. The van der Waals surface area contributed by atoms with E-state index in [4.69, 9.17) is 25.1 Å². The fourth-order valence-corrected chi connectivity index (χ4v) is 4.58. The van der Waals surface area contributed by atoms with Crippen LogP contribution >= 0.6 is 15.9 Å². The third kappa shape index (κ3) is 5.98. The van der Waals surface area contributed by atoms with E-state index in [9.17, 15) is 10.0 Å². The third-order valence-electron chi connectivity index (χ3n) is 6.16. The molecule has 0 saturated carbocycles. The molecule has 0 aliphatic carbocycles. The van der Waals surface area contributed by atoms with Crippen LogP contribution in [0.3, 0.4) is 0 Å². The molecular weight excluding hydrogens is 554 g/mol. The SMILES string of the molecule is [N-]=[N+]=NCc1ccccc1[C@@H]1OC(c2ccc(OCCCO)cc2)=N[C@]1(Cc1ccc(Br)cc1)C(=O)NO. The van der Waals surface area contributed by atoms with Gasteiger partial charge in [-0.05, 0) is 58.6 Å². The number of carbonyl (C=O) groups is 1. The van der Waals surface area contributed by atoms with Gasteiger partial charge in [0.2, 0.25) is 5.90 Å². The first kappa shape index (κ1) is 27.2. The molecule has 0 unspecified atom stereocenters. The van der Waals surface area contributed by atoms with E-state index < -0.39 is 17.6 Å². The van der Waals surface area contributed by atoms with Crippen molar-refractivity contribution in [3.63, 3.8) is 0 Å². The maximum Gasteiger partial charge on any atom is 0.275 e. The van der Waals surface area contributed by atoms with Gasteiger partial charge in [0.05, 0.1) is 13.2 Å². The number of nitrogens with zero attached hydrogens (tertiary/aromatic N) is 4. The Hall–Kier alpha value is -3.89. The second-order valence-corrected chi connectivity index (χ2v) is 9.54. The largest absolute Gasteiger partial charge is 0.494 e. The van der Waals surface area contributed by atoms with Gasteiger partial charge in [-0.1, -0.05) is 57.4 Å². The second kappa shape index (κ2) is 12.6. The van der Waals surface area contributed by atoms with Gasteiger partial charge < -0.3 is 14.6 Å². The van der Waals surface area contributed by atoms with Gasteiger partial charge in [0.1, 0.15) is 5.75 Å². The first-order valence-corrected chi connectivity index (χ1v) is 12.7. The molecule has 1 aliphatic rings. The molecule has 0 bridgehead atoms. The number of ether oxygens (including phenoxy) is 2. The van der Waals surface area contributed by atoms with E-state index in [-0.39, 0.29) is 25.5 Å². The molecule has 1 aliphatic heterocycles. The summed E-state index contributed by atoms with van der Waals surface area (Å²) >= 11 is 3.43. The molecule has 3 N–H and O–H groups in total. The minimum Gasteiger partial charge on any atom is -0.494 e. The molecule has 0 saturated heterocycles. The monoisotopic (exact) mass is 579 g/mol. The minimum absolute atomic E-state index is 0.0403. The highest BCUT2D eigenvalue weighted by atomic mass is 79.9. The van der Waals surface area contributed by atoms with Gasteiger partial charge >= 0.3 is 0 Å². The van der Waals surface area contributed by atoms with E-state index in [0.717, 1.165) is 10.0 Å². The van der Waals surface area contributed by atoms with Crippen LogP contribution in [0.15, 0.2) is 87.4 Å². The van der Waals surface area contributed by atoms with Crippen LogP contribution in [0.1, 0.15) is 34.8 Å². The molecule has 1 heterocycles. The standard InChI is InChI=1S/C27H26BrN5O5/c28-21-10-6-18(7-11-21)16-27(26(35)32-36)24(23-5-2-1-4-20(23)17-30-33-29)38-25(31-27)19-8-12-22(13-9-19)37-15-3-14-34/h1-2,4-13,24,34,36H,3,14-17H2,(H,32,35)/t24-,27-/m0/s1. The van der Waals surface area contributed by atoms with Crippen molar-refractivity contribution in [3.05, 3.63) is 110 Å². The summed E-state index contributed by atoms with van der Waals surface area (Å²) in [6.07, 6.45) is -0.290. The van der Waals surface area contributed by atoms with E-state index in [1.165, 1.54) is 0 Å². The Labute approximate surface area is 227 Å². The van der Waals surface area contributed by atoms with Crippen molar-refractivity contribution >= 4 is 27.7 Å². The van der Waals surface area contributed by atoms with Gasteiger partial charge in [-0.3, -0.25) is 10.0 Å². The molecule has 0 spiro atoms. The molecule has 0 fully saturated rings. The number of halogens is 1. The fraction of sp³-hybridized carbons (Fsp3) is 0.259. The highest BCUT2D eigenvalue weighted by Gasteiger charge is 2.53. The van der Waals surface area contributed by atoms with Crippen molar-refractivity contribution in [1.29, 1.82) is 0 Å². The molecule has 3 aromatic carbocycles. The van der Waals surface area contributed by atoms with Crippen LogP contribution in [0.5, 0.6) is 5.75 Å². The van der Waals surface area contributed by atoms with Crippen molar-refractivity contribution in [2.24, 2.45) is 10.1 Å². The highest BCUT2D eigenvalue weighted by molar-refractivity contribution is 9.10. The van der Waals surface area contributed by atoms with Crippen LogP contribution in [0.4, 0.5) is 0 Å². The zero-order chi connectivity index (χ0) is 27.0. The van der Waals surface area contributed by atoms with Gasteiger partial charge in [0.25, 0.3) is 5.91 Å². The van der Waals surface area contributed by atoms with Gasteiger partial charge in [-0.15, -0.1) is 0 Å². The van der Waals surface area contributed by atoms with Crippen LogP contribution in [0, 0.1) is 0 Å². The first-order chi connectivity index (χ1) is 18.5. The molecule has 10 nitrogen and oxygen atoms in total. The predicted octanol–water partition coefficient (Wildman–Crippen LogP) is 5.03. The van der Waals surface area contributed by atoms with Crippen LogP contribution < -0.4 is 10.2 Å². The molecule has 4 rings (SSSR count).